The van der Waals surface area contributed by atoms with Crippen LogP contribution in [0.3, 0.4) is 0 Å². The molecule has 0 aromatic carbocycles. The molecule has 0 unspecified atom stereocenters. The highest BCUT2D eigenvalue weighted by Crippen LogP contribution is 2.30. The van der Waals surface area contributed by atoms with Gasteiger partial charge in [-0.25, -0.2) is 4.79 Å². The SMILES string of the molecule is O=c1nc(SCc2ccncc2)c2c(n1CCO)CCCC2. The number of aliphatic hydroxyl groups is 1. The fourth-order valence-electron chi connectivity index (χ4n) is 2.83. The lowest BCUT2D eigenvalue weighted by Gasteiger charge is -2.22. The van der Waals surface area contributed by atoms with Gasteiger partial charge < -0.3 is 5.11 Å². The molecule has 0 aliphatic heterocycles. The van der Waals surface area contributed by atoms with Crippen LogP contribution < -0.4 is 5.69 Å². The van der Waals surface area contributed by atoms with Crippen LogP contribution in [-0.2, 0) is 25.1 Å². The van der Waals surface area contributed by atoms with Gasteiger partial charge in [0.15, 0.2) is 0 Å². The highest BCUT2D eigenvalue weighted by molar-refractivity contribution is 7.98. The van der Waals surface area contributed by atoms with Gasteiger partial charge in [0.25, 0.3) is 0 Å². The molecule has 0 amide bonds. The molecule has 0 radical (unpaired) electrons. The van der Waals surface area contributed by atoms with E-state index in [-0.39, 0.29) is 12.3 Å². The molecule has 0 saturated heterocycles. The highest BCUT2D eigenvalue weighted by atomic mass is 32.2. The normalized spacial score (nSPS) is 13.9. The van der Waals surface area contributed by atoms with E-state index in [9.17, 15) is 4.79 Å². The average Bonchev–Trinajstić information content (AvgIpc) is 2.57. The number of aromatic nitrogens is 3. The Hall–Kier alpha value is -1.66. The van der Waals surface area contributed by atoms with E-state index in [1.165, 1.54) is 11.1 Å². The maximum atomic E-state index is 12.2. The molecular weight excluding hydrogens is 298 g/mol. The van der Waals surface area contributed by atoms with Crippen molar-refractivity contribution < 1.29 is 5.11 Å². The van der Waals surface area contributed by atoms with Crippen LogP contribution in [0.1, 0.15) is 29.7 Å². The van der Waals surface area contributed by atoms with Crippen molar-refractivity contribution in [2.75, 3.05) is 6.61 Å². The van der Waals surface area contributed by atoms with Gasteiger partial charge in [0.2, 0.25) is 0 Å². The van der Waals surface area contributed by atoms with E-state index in [0.717, 1.165) is 42.2 Å². The molecule has 1 N–H and O–H groups in total. The van der Waals surface area contributed by atoms with Crippen molar-refractivity contribution in [2.24, 2.45) is 0 Å². The highest BCUT2D eigenvalue weighted by Gasteiger charge is 2.20. The molecule has 116 valence electrons. The summed E-state index contributed by atoms with van der Waals surface area (Å²) in [5.74, 6) is 0.783. The van der Waals surface area contributed by atoms with Crippen LogP contribution in [0.15, 0.2) is 34.3 Å². The molecule has 2 aromatic rings. The number of nitrogens with zero attached hydrogens (tertiary/aromatic N) is 3. The van der Waals surface area contributed by atoms with E-state index in [1.54, 1.807) is 28.7 Å². The predicted octanol–water partition coefficient (Wildman–Crippen LogP) is 1.80. The second-order valence-electron chi connectivity index (χ2n) is 5.35. The minimum Gasteiger partial charge on any atom is -0.395 e. The van der Waals surface area contributed by atoms with Crippen molar-refractivity contribution in [3.8, 4) is 0 Å². The van der Waals surface area contributed by atoms with E-state index in [2.05, 4.69) is 9.97 Å². The summed E-state index contributed by atoms with van der Waals surface area (Å²) in [7, 11) is 0. The predicted molar refractivity (Wildman–Crippen MR) is 86.0 cm³/mol. The lowest BCUT2D eigenvalue weighted by molar-refractivity contribution is 0.269. The Morgan fingerprint density at radius 3 is 2.77 bits per heavy atom. The first kappa shape index (κ1) is 15.2. The Balaban J connectivity index is 1.91. The molecule has 0 saturated carbocycles. The lowest BCUT2D eigenvalue weighted by atomic mass is 9.97. The Labute approximate surface area is 133 Å². The summed E-state index contributed by atoms with van der Waals surface area (Å²) >= 11 is 1.61. The number of aliphatic hydroxyl groups excluding tert-OH is 1. The molecule has 0 atom stereocenters. The number of hydrogen-bond acceptors (Lipinski definition) is 5. The van der Waals surface area contributed by atoms with Gasteiger partial charge >= 0.3 is 5.69 Å². The molecule has 22 heavy (non-hydrogen) atoms. The number of fused-ring (bicyclic) bond motifs is 1. The van der Waals surface area contributed by atoms with Gasteiger partial charge in [0.1, 0.15) is 5.03 Å². The van der Waals surface area contributed by atoms with Gasteiger partial charge in [0.05, 0.1) is 13.2 Å². The van der Waals surface area contributed by atoms with E-state index < -0.39 is 0 Å². The van der Waals surface area contributed by atoms with Gasteiger partial charge in [-0.2, -0.15) is 4.98 Å². The van der Waals surface area contributed by atoms with Crippen molar-refractivity contribution in [1.82, 2.24) is 14.5 Å². The monoisotopic (exact) mass is 317 g/mol. The molecule has 3 rings (SSSR count). The summed E-state index contributed by atoms with van der Waals surface area (Å²) in [6.45, 7) is 0.307. The fourth-order valence-corrected chi connectivity index (χ4v) is 3.86. The number of rotatable bonds is 5. The first-order chi connectivity index (χ1) is 10.8. The number of thioether (sulfide) groups is 1. The van der Waals surface area contributed by atoms with Crippen LogP contribution in [0, 0.1) is 0 Å². The molecule has 1 aliphatic rings. The van der Waals surface area contributed by atoms with E-state index in [4.69, 9.17) is 5.11 Å². The van der Waals surface area contributed by atoms with Gasteiger partial charge in [-0.1, -0.05) is 0 Å². The van der Waals surface area contributed by atoms with E-state index in [0.29, 0.717) is 6.54 Å². The van der Waals surface area contributed by atoms with Crippen molar-refractivity contribution in [3.63, 3.8) is 0 Å². The van der Waals surface area contributed by atoms with Crippen LogP contribution in [-0.4, -0.2) is 26.2 Å². The summed E-state index contributed by atoms with van der Waals surface area (Å²) < 4.78 is 1.64. The summed E-state index contributed by atoms with van der Waals surface area (Å²) in [5, 5.41) is 10.0. The number of hydrogen-bond donors (Lipinski definition) is 1. The van der Waals surface area contributed by atoms with Crippen molar-refractivity contribution in [3.05, 3.63) is 51.8 Å². The zero-order valence-electron chi connectivity index (χ0n) is 12.4. The first-order valence-electron chi connectivity index (χ1n) is 7.54. The third kappa shape index (κ3) is 3.23. The molecule has 0 fully saturated rings. The topological polar surface area (TPSA) is 68.0 Å². The second-order valence-corrected chi connectivity index (χ2v) is 6.32. The fraction of sp³-hybridized carbons (Fsp3) is 0.438. The van der Waals surface area contributed by atoms with Gasteiger partial charge in [0, 0.05) is 29.4 Å². The zero-order chi connectivity index (χ0) is 15.4. The van der Waals surface area contributed by atoms with Gasteiger partial charge in [-0.3, -0.25) is 9.55 Å². The Bertz CT molecular complexity index is 701. The second kappa shape index (κ2) is 7.07. The van der Waals surface area contributed by atoms with Crippen LogP contribution >= 0.6 is 11.8 Å². The lowest BCUT2D eigenvalue weighted by Crippen LogP contribution is -2.31. The maximum Gasteiger partial charge on any atom is 0.348 e. The van der Waals surface area contributed by atoms with Crippen LogP contribution in [0.5, 0.6) is 0 Å². The zero-order valence-corrected chi connectivity index (χ0v) is 13.2. The Morgan fingerprint density at radius 2 is 2.00 bits per heavy atom. The minimum absolute atomic E-state index is 0.0302. The Morgan fingerprint density at radius 1 is 1.23 bits per heavy atom. The Kier molecular flexibility index (Phi) is 4.90. The van der Waals surface area contributed by atoms with E-state index in [1.807, 2.05) is 12.1 Å². The van der Waals surface area contributed by atoms with Gasteiger partial charge in [-0.05, 0) is 43.4 Å². The molecule has 0 spiro atoms. The molecule has 5 nitrogen and oxygen atoms in total. The average molecular weight is 317 g/mol. The molecule has 1 aliphatic carbocycles. The summed E-state index contributed by atoms with van der Waals surface area (Å²) in [6, 6.07) is 3.96. The molecular formula is C16H19N3O2S. The first-order valence-corrected chi connectivity index (χ1v) is 8.53. The third-order valence-corrected chi connectivity index (χ3v) is 4.99. The van der Waals surface area contributed by atoms with Crippen molar-refractivity contribution in [2.45, 2.75) is 43.0 Å². The van der Waals surface area contributed by atoms with Crippen molar-refractivity contribution in [1.29, 1.82) is 0 Å². The smallest absolute Gasteiger partial charge is 0.348 e. The maximum absolute atomic E-state index is 12.2. The quantitative estimate of drug-likeness (QED) is 0.673. The largest absolute Gasteiger partial charge is 0.395 e. The van der Waals surface area contributed by atoms with Gasteiger partial charge in [-0.15, -0.1) is 11.8 Å². The van der Waals surface area contributed by atoms with Crippen molar-refractivity contribution >= 4 is 11.8 Å². The van der Waals surface area contributed by atoms with Crippen LogP contribution in [0.4, 0.5) is 0 Å². The molecule has 2 heterocycles. The molecule has 0 bridgehead atoms. The molecule has 2 aromatic heterocycles. The summed E-state index contributed by atoms with van der Waals surface area (Å²) in [6.07, 6.45) is 7.64. The summed E-state index contributed by atoms with van der Waals surface area (Å²) in [5.41, 5.74) is 3.19. The third-order valence-electron chi connectivity index (χ3n) is 3.90. The summed E-state index contributed by atoms with van der Waals surface area (Å²) in [4.78, 5) is 20.5. The van der Waals surface area contributed by atoms with E-state index >= 15 is 0 Å². The number of pyridine rings is 1. The molecule has 6 heteroatoms. The minimum atomic E-state index is -0.244. The van der Waals surface area contributed by atoms with Crippen LogP contribution in [0.25, 0.3) is 0 Å². The standard InChI is InChI=1S/C16H19N3O2S/c20-10-9-19-14-4-2-1-3-13(14)15(18-16(19)21)22-11-12-5-7-17-8-6-12/h5-8,20H,1-4,9-11H2. The van der Waals surface area contributed by atoms with Crippen LogP contribution in [0.2, 0.25) is 0 Å².